The van der Waals surface area contributed by atoms with E-state index in [9.17, 15) is 14.0 Å². The Bertz CT molecular complexity index is 950. The Labute approximate surface area is 191 Å². The Kier molecular flexibility index (Phi) is 8.42. The number of hydrogen-bond acceptors (Lipinski definition) is 3. The fraction of sp³-hybridized carbons (Fsp3) is 0.462. The molecule has 0 fully saturated rings. The second kappa shape index (κ2) is 10.6. The molecular weight excluding hydrogens is 405 g/mol. The average molecular weight is 442 g/mol. The largest absolute Gasteiger partial charge is 0.377 e. The monoisotopic (exact) mass is 441 g/mol. The minimum absolute atomic E-state index is 0.0883. The number of benzene rings is 2. The molecule has 174 valence electrons. The molecule has 1 atom stereocenters. The van der Waals surface area contributed by atoms with E-state index in [0.717, 1.165) is 17.7 Å². The van der Waals surface area contributed by atoms with Gasteiger partial charge in [0.15, 0.2) is 0 Å². The van der Waals surface area contributed by atoms with Crippen LogP contribution in [0.15, 0.2) is 42.5 Å². The zero-order valence-electron chi connectivity index (χ0n) is 20.3. The molecule has 0 aliphatic carbocycles. The molecule has 0 radical (unpaired) electrons. The summed E-state index contributed by atoms with van der Waals surface area (Å²) in [4.78, 5) is 29.6. The quantitative estimate of drug-likeness (QED) is 0.571. The first kappa shape index (κ1) is 25.4. The summed E-state index contributed by atoms with van der Waals surface area (Å²) in [7, 11) is 3.91. The highest BCUT2D eigenvalue weighted by molar-refractivity contribution is 6.04. The molecular formula is C26H36FN3O2. The maximum absolute atomic E-state index is 13.5. The molecule has 0 saturated carbocycles. The summed E-state index contributed by atoms with van der Waals surface area (Å²) in [6.45, 7) is 10.8. The van der Waals surface area contributed by atoms with E-state index in [1.807, 2.05) is 42.1 Å². The molecule has 0 heterocycles. The van der Waals surface area contributed by atoms with Crippen molar-refractivity contribution in [1.29, 1.82) is 0 Å². The molecule has 32 heavy (non-hydrogen) atoms. The van der Waals surface area contributed by atoms with E-state index in [1.165, 1.54) is 18.2 Å². The summed E-state index contributed by atoms with van der Waals surface area (Å²) in [5.74, 6) is -0.718. The number of halogens is 1. The molecule has 0 aliphatic rings. The van der Waals surface area contributed by atoms with Crippen LogP contribution in [0.2, 0.25) is 0 Å². The van der Waals surface area contributed by atoms with Gasteiger partial charge in [-0.05, 0) is 60.7 Å². The van der Waals surface area contributed by atoms with E-state index in [-0.39, 0.29) is 28.8 Å². The maximum Gasteiger partial charge on any atom is 0.255 e. The molecule has 2 aromatic rings. The molecule has 6 heteroatoms. The Morgan fingerprint density at radius 1 is 1.09 bits per heavy atom. The van der Waals surface area contributed by atoms with Crippen molar-refractivity contribution in [2.75, 3.05) is 24.3 Å². The third-order valence-corrected chi connectivity index (χ3v) is 5.37. The first-order valence-electron chi connectivity index (χ1n) is 11.1. The number of anilines is 2. The van der Waals surface area contributed by atoms with E-state index in [1.54, 1.807) is 6.07 Å². The predicted molar refractivity (Wildman–Crippen MR) is 129 cm³/mol. The number of rotatable bonds is 8. The zero-order chi connectivity index (χ0) is 24.1. The van der Waals surface area contributed by atoms with Crippen LogP contribution in [0.1, 0.15) is 63.4 Å². The van der Waals surface area contributed by atoms with E-state index < -0.39 is 5.82 Å². The Morgan fingerprint density at radius 2 is 1.78 bits per heavy atom. The van der Waals surface area contributed by atoms with Gasteiger partial charge < -0.3 is 15.1 Å². The lowest BCUT2D eigenvalue weighted by molar-refractivity contribution is -0.135. The molecule has 0 aromatic heterocycles. The molecule has 0 spiro atoms. The Hall–Kier alpha value is -2.89. The molecule has 2 aromatic carbocycles. The van der Waals surface area contributed by atoms with Crippen molar-refractivity contribution in [2.45, 2.75) is 60.0 Å². The number of hydrogen-bond donors (Lipinski definition) is 1. The lowest BCUT2D eigenvalue weighted by atomic mass is 9.91. The molecule has 0 bridgehead atoms. The summed E-state index contributed by atoms with van der Waals surface area (Å²) in [5, 5.41) is 2.85. The standard InChI is InChI=1S/C26H36FN3O2/c1-8-18(2)30(24(31)16-26(3,4)5)17-20-15-22(12-13-23(20)29(6)7)28-25(32)19-10-9-11-21(27)14-19/h9-15,18H,8,16-17H2,1-7H3,(H,28,32). The average Bonchev–Trinajstić information content (AvgIpc) is 2.70. The number of nitrogens with one attached hydrogen (secondary N) is 1. The van der Waals surface area contributed by atoms with E-state index >= 15 is 0 Å². The third kappa shape index (κ3) is 7.08. The summed E-state index contributed by atoms with van der Waals surface area (Å²) >= 11 is 0. The van der Waals surface area contributed by atoms with Crippen LogP contribution in [0.3, 0.4) is 0 Å². The van der Waals surface area contributed by atoms with Crippen LogP contribution in [0.4, 0.5) is 15.8 Å². The lowest BCUT2D eigenvalue weighted by Crippen LogP contribution is -2.39. The highest BCUT2D eigenvalue weighted by Gasteiger charge is 2.25. The van der Waals surface area contributed by atoms with Crippen LogP contribution in [0.25, 0.3) is 0 Å². The maximum atomic E-state index is 13.5. The Balaban J connectivity index is 2.35. The number of carbonyl (C=O) groups excluding carboxylic acids is 2. The van der Waals surface area contributed by atoms with Gasteiger partial charge >= 0.3 is 0 Å². The molecule has 1 N–H and O–H groups in total. The fourth-order valence-electron chi connectivity index (χ4n) is 3.51. The van der Waals surface area contributed by atoms with Crippen molar-refractivity contribution >= 4 is 23.2 Å². The van der Waals surface area contributed by atoms with Gasteiger partial charge in [0.25, 0.3) is 5.91 Å². The van der Waals surface area contributed by atoms with Crippen molar-refractivity contribution in [2.24, 2.45) is 5.41 Å². The van der Waals surface area contributed by atoms with Gasteiger partial charge in [0.2, 0.25) is 5.91 Å². The fourth-order valence-corrected chi connectivity index (χ4v) is 3.51. The summed E-state index contributed by atoms with van der Waals surface area (Å²) in [6.07, 6.45) is 1.31. The SMILES string of the molecule is CCC(C)N(Cc1cc(NC(=O)c2cccc(F)c2)ccc1N(C)C)C(=O)CC(C)(C)C. The molecule has 0 saturated heterocycles. The van der Waals surface area contributed by atoms with Gasteiger partial charge in [0.05, 0.1) is 0 Å². The highest BCUT2D eigenvalue weighted by Crippen LogP contribution is 2.28. The van der Waals surface area contributed by atoms with Gasteiger partial charge in [0, 0.05) is 50.0 Å². The number of carbonyl (C=O) groups is 2. The predicted octanol–water partition coefficient (Wildman–Crippen LogP) is 5.71. The second-order valence-electron chi connectivity index (χ2n) is 9.72. The minimum Gasteiger partial charge on any atom is -0.377 e. The number of amides is 2. The van der Waals surface area contributed by atoms with Crippen molar-refractivity contribution < 1.29 is 14.0 Å². The van der Waals surface area contributed by atoms with Gasteiger partial charge in [-0.3, -0.25) is 9.59 Å². The van der Waals surface area contributed by atoms with Crippen molar-refractivity contribution in [3.63, 3.8) is 0 Å². The van der Waals surface area contributed by atoms with E-state index in [2.05, 4.69) is 39.9 Å². The first-order chi connectivity index (χ1) is 14.9. The summed E-state index contributed by atoms with van der Waals surface area (Å²) in [5.41, 5.74) is 2.67. The molecule has 2 rings (SSSR count). The van der Waals surface area contributed by atoms with Crippen molar-refractivity contribution in [3.8, 4) is 0 Å². The second-order valence-corrected chi connectivity index (χ2v) is 9.72. The van der Waals surface area contributed by atoms with Crippen molar-refractivity contribution in [3.05, 3.63) is 59.4 Å². The van der Waals surface area contributed by atoms with Crippen LogP contribution in [0, 0.1) is 11.2 Å². The summed E-state index contributed by atoms with van der Waals surface area (Å²) < 4.78 is 13.5. The van der Waals surface area contributed by atoms with Crippen LogP contribution in [0.5, 0.6) is 0 Å². The Morgan fingerprint density at radius 3 is 2.34 bits per heavy atom. The van der Waals surface area contributed by atoms with Crippen LogP contribution >= 0.6 is 0 Å². The van der Waals surface area contributed by atoms with Crippen LogP contribution in [-0.2, 0) is 11.3 Å². The molecule has 0 aliphatic heterocycles. The van der Waals surface area contributed by atoms with E-state index in [0.29, 0.717) is 18.7 Å². The van der Waals surface area contributed by atoms with Gasteiger partial charge in [-0.15, -0.1) is 0 Å². The van der Waals surface area contributed by atoms with Crippen LogP contribution in [-0.4, -0.2) is 36.9 Å². The minimum atomic E-state index is -0.456. The third-order valence-electron chi connectivity index (χ3n) is 5.37. The van der Waals surface area contributed by atoms with Gasteiger partial charge in [-0.1, -0.05) is 33.8 Å². The van der Waals surface area contributed by atoms with Gasteiger partial charge in [-0.25, -0.2) is 4.39 Å². The molecule has 5 nitrogen and oxygen atoms in total. The smallest absolute Gasteiger partial charge is 0.255 e. The number of nitrogens with zero attached hydrogens (tertiary/aromatic N) is 2. The van der Waals surface area contributed by atoms with Gasteiger partial charge in [-0.2, -0.15) is 0 Å². The normalized spacial score (nSPS) is 12.2. The van der Waals surface area contributed by atoms with E-state index in [4.69, 9.17) is 0 Å². The summed E-state index contributed by atoms with van der Waals surface area (Å²) in [6, 6.07) is 11.3. The topological polar surface area (TPSA) is 52.7 Å². The first-order valence-corrected chi connectivity index (χ1v) is 11.1. The van der Waals surface area contributed by atoms with Crippen molar-refractivity contribution in [1.82, 2.24) is 4.90 Å². The van der Waals surface area contributed by atoms with Crippen LogP contribution < -0.4 is 10.2 Å². The zero-order valence-corrected chi connectivity index (χ0v) is 20.3. The molecule has 2 amide bonds. The highest BCUT2D eigenvalue weighted by atomic mass is 19.1. The lowest BCUT2D eigenvalue weighted by Gasteiger charge is -2.33. The molecule has 1 unspecified atom stereocenters. The van der Waals surface area contributed by atoms with Gasteiger partial charge in [0.1, 0.15) is 5.82 Å².